The molecule has 0 amide bonds. The molecule has 0 spiro atoms. The van der Waals surface area contributed by atoms with Gasteiger partial charge in [0.2, 0.25) is 0 Å². The van der Waals surface area contributed by atoms with Crippen molar-refractivity contribution in [2.75, 3.05) is 6.61 Å². The van der Waals surface area contributed by atoms with Crippen LogP contribution in [0, 0.1) is 0 Å². The van der Waals surface area contributed by atoms with Gasteiger partial charge >= 0.3 is 0 Å². The van der Waals surface area contributed by atoms with Gasteiger partial charge in [0.15, 0.2) is 8.32 Å². The van der Waals surface area contributed by atoms with Crippen molar-refractivity contribution in [2.24, 2.45) is 0 Å². The van der Waals surface area contributed by atoms with Crippen LogP contribution in [-0.4, -0.2) is 25.5 Å². The lowest BCUT2D eigenvalue weighted by molar-refractivity contribution is -0.119. The minimum absolute atomic E-state index is 0.177. The Hall–Kier alpha value is -0.453. The lowest BCUT2D eigenvalue weighted by Crippen LogP contribution is -2.42. The summed E-state index contributed by atoms with van der Waals surface area (Å²) in [5.41, 5.74) is 1.29. The summed E-state index contributed by atoms with van der Waals surface area (Å²) in [5, 5.41) is 0.177. The highest BCUT2D eigenvalue weighted by Gasteiger charge is 2.37. The Bertz CT molecular complexity index is 466. The van der Waals surface area contributed by atoms with Gasteiger partial charge in [-0.25, -0.2) is 0 Å². The zero-order valence-electron chi connectivity index (χ0n) is 14.5. The molecular weight excluding hydrogens is 356 g/mol. The van der Waals surface area contributed by atoms with Gasteiger partial charge in [0.1, 0.15) is 5.78 Å². The Morgan fingerprint density at radius 3 is 2.36 bits per heavy atom. The number of carbonyl (C=O) groups is 1. The van der Waals surface area contributed by atoms with Crippen LogP contribution < -0.4 is 0 Å². The van der Waals surface area contributed by atoms with Crippen LogP contribution in [0.1, 0.15) is 39.2 Å². The summed E-state index contributed by atoms with van der Waals surface area (Å²) in [6, 6.07) is 10.3. The topological polar surface area (TPSA) is 26.3 Å². The lowest BCUT2D eigenvalue weighted by Gasteiger charge is -2.36. The zero-order valence-corrected chi connectivity index (χ0v) is 17.1. The van der Waals surface area contributed by atoms with Crippen molar-refractivity contribution < 1.29 is 9.22 Å². The van der Waals surface area contributed by atoms with Crippen LogP contribution in [0.25, 0.3) is 0 Å². The maximum atomic E-state index is 12.2. The van der Waals surface area contributed by atoms with E-state index in [1.165, 1.54) is 5.56 Å². The largest absolute Gasteiger partial charge is 0.415 e. The van der Waals surface area contributed by atoms with Gasteiger partial charge in [-0.2, -0.15) is 0 Å². The second kappa shape index (κ2) is 8.41. The molecule has 4 heteroatoms. The molecule has 2 nitrogen and oxygen atoms in total. The Morgan fingerprint density at radius 1 is 1.23 bits per heavy atom. The molecule has 124 valence electrons. The standard InChI is InChI=1S/C18H29BrO2Si/c1-18(2,3)22(4,5)21-14-16(19)17(20)13-9-12-15-10-7-6-8-11-15/h6-8,10-11,16H,9,12-14H2,1-5H3. The molecule has 1 unspecified atom stereocenters. The van der Waals surface area contributed by atoms with Gasteiger partial charge in [-0.1, -0.05) is 67.0 Å². The normalized spacial score (nSPS) is 13.9. The smallest absolute Gasteiger partial charge is 0.192 e. The van der Waals surface area contributed by atoms with E-state index in [4.69, 9.17) is 4.43 Å². The molecule has 0 aliphatic heterocycles. The maximum Gasteiger partial charge on any atom is 0.192 e. The molecule has 22 heavy (non-hydrogen) atoms. The minimum Gasteiger partial charge on any atom is -0.415 e. The van der Waals surface area contributed by atoms with E-state index < -0.39 is 8.32 Å². The van der Waals surface area contributed by atoms with E-state index in [-0.39, 0.29) is 15.6 Å². The summed E-state index contributed by atoms with van der Waals surface area (Å²) in [6.07, 6.45) is 2.45. The average molecular weight is 385 g/mol. The van der Waals surface area contributed by atoms with Crippen molar-refractivity contribution in [3.8, 4) is 0 Å². The Morgan fingerprint density at radius 2 is 1.82 bits per heavy atom. The van der Waals surface area contributed by atoms with Crippen molar-refractivity contribution in [1.29, 1.82) is 0 Å². The molecule has 0 bridgehead atoms. The first-order valence-corrected chi connectivity index (χ1v) is 11.8. The van der Waals surface area contributed by atoms with Crippen molar-refractivity contribution in [3.05, 3.63) is 35.9 Å². The van der Waals surface area contributed by atoms with E-state index in [1.807, 2.05) is 18.2 Å². The molecule has 0 aromatic heterocycles. The summed E-state index contributed by atoms with van der Waals surface area (Å²) in [4.78, 5) is 12.0. The second-order valence-corrected chi connectivity index (χ2v) is 13.3. The van der Waals surface area contributed by atoms with Gasteiger partial charge < -0.3 is 4.43 Å². The number of Topliss-reactive ketones (excluding diaryl/α,β-unsaturated/α-hetero) is 1. The van der Waals surface area contributed by atoms with E-state index in [0.29, 0.717) is 13.0 Å². The van der Waals surface area contributed by atoms with Gasteiger partial charge in [0, 0.05) is 6.42 Å². The molecule has 1 aromatic rings. The number of halogens is 1. The number of hydrogen-bond donors (Lipinski definition) is 0. The summed E-state index contributed by atoms with van der Waals surface area (Å²) < 4.78 is 6.11. The molecule has 0 saturated carbocycles. The predicted octanol–water partition coefficient (Wildman–Crippen LogP) is 5.36. The number of benzene rings is 1. The summed E-state index contributed by atoms with van der Waals surface area (Å²) in [6.45, 7) is 11.6. The van der Waals surface area contributed by atoms with E-state index in [1.54, 1.807) is 0 Å². The molecule has 1 aromatic carbocycles. The van der Waals surface area contributed by atoms with Crippen molar-refractivity contribution in [2.45, 2.75) is 63.0 Å². The zero-order chi connectivity index (χ0) is 16.8. The molecule has 0 heterocycles. The fraction of sp³-hybridized carbons (Fsp3) is 0.611. The van der Waals surface area contributed by atoms with Gasteiger partial charge in [0.05, 0.1) is 11.4 Å². The third-order valence-corrected chi connectivity index (χ3v) is 9.75. The molecule has 0 saturated heterocycles. The van der Waals surface area contributed by atoms with Gasteiger partial charge in [-0.3, -0.25) is 4.79 Å². The first-order valence-electron chi connectivity index (χ1n) is 7.98. The number of rotatable bonds is 8. The number of alkyl halides is 1. The van der Waals surface area contributed by atoms with E-state index in [9.17, 15) is 4.79 Å². The van der Waals surface area contributed by atoms with Crippen LogP contribution in [0.15, 0.2) is 30.3 Å². The van der Waals surface area contributed by atoms with Crippen molar-refractivity contribution in [1.82, 2.24) is 0 Å². The van der Waals surface area contributed by atoms with Crippen LogP contribution in [0.4, 0.5) is 0 Å². The number of ketones is 1. The van der Waals surface area contributed by atoms with Crippen molar-refractivity contribution >= 4 is 30.0 Å². The molecule has 0 aliphatic carbocycles. The quantitative estimate of drug-likeness (QED) is 0.445. The lowest BCUT2D eigenvalue weighted by atomic mass is 10.1. The van der Waals surface area contributed by atoms with E-state index in [0.717, 1.165) is 12.8 Å². The first-order chi connectivity index (χ1) is 10.1. The summed E-state index contributed by atoms with van der Waals surface area (Å²) in [7, 11) is -1.78. The third-order valence-electron chi connectivity index (χ3n) is 4.48. The molecule has 0 fully saturated rings. The molecule has 1 rings (SSSR count). The number of carbonyl (C=O) groups excluding carboxylic acids is 1. The Balaban J connectivity index is 2.33. The molecule has 1 atom stereocenters. The van der Waals surface area contributed by atoms with Crippen LogP contribution in [-0.2, 0) is 15.6 Å². The molecule has 0 N–H and O–H groups in total. The maximum absolute atomic E-state index is 12.2. The number of hydrogen-bond acceptors (Lipinski definition) is 2. The van der Waals surface area contributed by atoms with Gasteiger partial charge in [0.25, 0.3) is 0 Å². The Labute approximate surface area is 144 Å². The predicted molar refractivity (Wildman–Crippen MR) is 100 cm³/mol. The van der Waals surface area contributed by atoms with Crippen molar-refractivity contribution in [3.63, 3.8) is 0 Å². The van der Waals surface area contributed by atoms with E-state index in [2.05, 4.69) is 61.9 Å². The SMILES string of the molecule is CC(C)(C)[Si](C)(C)OCC(Br)C(=O)CCCc1ccccc1. The monoisotopic (exact) mass is 384 g/mol. The molecule has 0 aliphatic rings. The van der Waals surface area contributed by atoms with Crippen LogP contribution in [0.2, 0.25) is 18.1 Å². The summed E-state index contributed by atoms with van der Waals surface area (Å²) in [5.74, 6) is 0.245. The van der Waals surface area contributed by atoms with Gasteiger partial charge in [-0.05, 0) is 36.5 Å². The molecular formula is C18H29BrO2Si. The fourth-order valence-electron chi connectivity index (χ4n) is 1.86. The highest BCUT2D eigenvalue weighted by atomic mass is 79.9. The second-order valence-electron chi connectivity index (χ2n) is 7.34. The number of aryl methyl sites for hydroxylation is 1. The average Bonchev–Trinajstić information content (AvgIpc) is 2.44. The first kappa shape index (κ1) is 19.6. The minimum atomic E-state index is -1.78. The van der Waals surface area contributed by atoms with Crippen LogP contribution in [0.5, 0.6) is 0 Å². The molecule has 0 radical (unpaired) electrons. The Kier molecular flexibility index (Phi) is 7.49. The van der Waals surface area contributed by atoms with Gasteiger partial charge in [-0.15, -0.1) is 0 Å². The van der Waals surface area contributed by atoms with Crippen LogP contribution >= 0.6 is 15.9 Å². The fourth-order valence-corrected chi connectivity index (χ4v) is 3.48. The summed E-state index contributed by atoms with van der Waals surface area (Å²) >= 11 is 3.50. The highest BCUT2D eigenvalue weighted by molar-refractivity contribution is 9.10. The van der Waals surface area contributed by atoms with Crippen LogP contribution in [0.3, 0.4) is 0 Å². The highest BCUT2D eigenvalue weighted by Crippen LogP contribution is 2.36. The third kappa shape index (κ3) is 6.35. The van der Waals surface area contributed by atoms with E-state index >= 15 is 0 Å².